The maximum atomic E-state index is 13.5. The Balaban J connectivity index is 2.32. The molecule has 0 bridgehead atoms. The predicted molar refractivity (Wildman–Crippen MR) is 69.3 cm³/mol. The number of hydrogen-bond acceptors (Lipinski definition) is 4. The highest BCUT2D eigenvalue weighted by molar-refractivity contribution is 5.92. The Morgan fingerprint density at radius 3 is 2.84 bits per heavy atom. The molecule has 1 rings (SSSR count). The fourth-order valence-corrected chi connectivity index (χ4v) is 1.48. The van der Waals surface area contributed by atoms with Crippen LogP contribution < -0.4 is 11.1 Å². The smallest absolute Gasteiger partial charge is 0.248 e. The zero-order valence-electron chi connectivity index (χ0n) is 10.9. The third-order valence-electron chi connectivity index (χ3n) is 2.50. The summed E-state index contributed by atoms with van der Waals surface area (Å²) in [6.45, 7) is 2.50. The van der Waals surface area contributed by atoms with Gasteiger partial charge < -0.3 is 20.5 Å². The van der Waals surface area contributed by atoms with Crippen molar-refractivity contribution < 1.29 is 18.7 Å². The molecule has 6 heteroatoms. The number of benzene rings is 1. The quantitative estimate of drug-likeness (QED) is 0.647. The lowest BCUT2D eigenvalue weighted by atomic mass is 10.1. The predicted octanol–water partition coefficient (Wildman–Crippen LogP) is 0.677. The molecule has 0 fully saturated rings. The van der Waals surface area contributed by atoms with E-state index in [4.69, 9.17) is 15.2 Å². The Morgan fingerprint density at radius 1 is 1.37 bits per heavy atom. The van der Waals surface area contributed by atoms with Crippen molar-refractivity contribution in [2.75, 3.05) is 33.5 Å². The van der Waals surface area contributed by atoms with Crippen LogP contribution in [0.15, 0.2) is 18.2 Å². The van der Waals surface area contributed by atoms with E-state index >= 15 is 0 Å². The summed E-state index contributed by atoms with van der Waals surface area (Å²) in [7, 11) is 1.61. The first-order valence-electron chi connectivity index (χ1n) is 6.00. The molecule has 3 N–H and O–H groups in total. The van der Waals surface area contributed by atoms with Crippen LogP contribution in [0.3, 0.4) is 0 Å². The number of primary amides is 1. The second-order valence-electron chi connectivity index (χ2n) is 3.95. The van der Waals surface area contributed by atoms with Crippen LogP contribution in [-0.2, 0) is 16.0 Å². The van der Waals surface area contributed by atoms with Gasteiger partial charge in [0, 0.05) is 31.3 Å². The molecule has 0 saturated heterocycles. The number of methoxy groups -OCH3 is 1. The van der Waals surface area contributed by atoms with Gasteiger partial charge in [-0.05, 0) is 18.2 Å². The third kappa shape index (κ3) is 5.78. The minimum Gasteiger partial charge on any atom is -0.382 e. The molecule has 1 amide bonds. The number of nitrogens with two attached hydrogens (primary N) is 1. The zero-order valence-corrected chi connectivity index (χ0v) is 10.9. The molecule has 0 unspecified atom stereocenters. The molecule has 106 valence electrons. The van der Waals surface area contributed by atoms with Gasteiger partial charge in [-0.15, -0.1) is 0 Å². The lowest BCUT2D eigenvalue weighted by Gasteiger charge is -2.08. The molecule has 0 aliphatic heterocycles. The summed E-state index contributed by atoms with van der Waals surface area (Å²) in [6, 6.07) is 4.07. The molecular weight excluding hydrogens is 251 g/mol. The first-order chi connectivity index (χ1) is 9.15. The van der Waals surface area contributed by atoms with E-state index in [-0.39, 0.29) is 5.82 Å². The number of halogens is 1. The van der Waals surface area contributed by atoms with E-state index in [0.29, 0.717) is 44.0 Å². The van der Waals surface area contributed by atoms with Crippen LogP contribution in [0.1, 0.15) is 15.9 Å². The first-order valence-corrected chi connectivity index (χ1v) is 6.00. The van der Waals surface area contributed by atoms with Gasteiger partial charge in [-0.1, -0.05) is 0 Å². The molecule has 19 heavy (non-hydrogen) atoms. The van der Waals surface area contributed by atoms with E-state index in [0.717, 1.165) is 0 Å². The van der Waals surface area contributed by atoms with Crippen molar-refractivity contribution in [3.63, 3.8) is 0 Å². The molecule has 0 aliphatic carbocycles. The van der Waals surface area contributed by atoms with E-state index in [1.807, 2.05) is 0 Å². The average molecular weight is 270 g/mol. The van der Waals surface area contributed by atoms with Crippen molar-refractivity contribution in [2.24, 2.45) is 5.73 Å². The van der Waals surface area contributed by atoms with E-state index < -0.39 is 5.91 Å². The summed E-state index contributed by atoms with van der Waals surface area (Å²) < 4.78 is 23.5. The van der Waals surface area contributed by atoms with Crippen molar-refractivity contribution in [1.29, 1.82) is 0 Å². The Kier molecular flexibility index (Phi) is 7.02. The van der Waals surface area contributed by atoms with Crippen LogP contribution in [0.2, 0.25) is 0 Å². The topological polar surface area (TPSA) is 73.6 Å². The maximum absolute atomic E-state index is 13.5. The molecule has 5 nitrogen and oxygen atoms in total. The van der Waals surface area contributed by atoms with E-state index in [9.17, 15) is 9.18 Å². The molecule has 0 radical (unpaired) electrons. The molecular formula is C13H19FN2O3. The van der Waals surface area contributed by atoms with E-state index in [2.05, 4.69) is 5.32 Å². The van der Waals surface area contributed by atoms with Gasteiger partial charge in [0.1, 0.15) is 5.82 Å². The standard InChI is InChI=1S/C13H19FN2O3/c1-18-6-7-19-5-4-16-9-11-8-10(13(15)17)2-3-12(11)14/h2-3,8,16H,4-7,9H2,1H3,(H2,15,17). The number of amides is 1. The van der Waals surface area contributed by atoms with Gasteiger partial charge in [0.25, 0.3) is 0 Å². The normalized spacial score (nSPS) is 10.6. The van der Waals surface area contributed by atoms with E-state index in [1.165, 1.54) is 18.2 Å². The Hall–Kier alpha value is -1.50. The summed E-state index contributed by atoms with van der Waals surface area (Å²) in [5.41, 5.74) is 5.85. The van der Waals surface area contributed by atoms with Gasteiger partial charge in [-0.3, -0.25) is 4.79 Å². The van der Waals surface area contributed by atoms with E-state index in [1.54, 1.807) is 7.11 Å². The minimum atomic E-state index is -0.566. The van der Waals surface area contributed by atoms with Crippen molar-refractivity contribution in [3.8, 4) is 0 Å². The van der Waals surface area contributed by atoms with Crippen LogP contribution in [0, 0.1) is 5.82 Å². The van der Waals surface area contributed by atoms with Crippen LogP contribution in [0.5, 0.6) is 0 Å². The number of rotatable bonds is 9. The van der Waals surface area contributed by atoms with Crippen LogP contribution >= 0.6 is 0 Å². The van der Waals surface area contributed by atoms with Crippen molar-refractivity contribution in [2.45, 2.75) is 6.54 Å². The number of carbonyl (C=O) groups is 1. The number of nitrogens with one attached hydrogen (secondary N) is 1. The lowest BCUT2D eigenvalue weighted by molar-refractivity contribution is 0.0719. The molecule has 0 aromatic heterocycles. The summed E-state index contributed by atoms with van der Waals surface area (Å²) in [5.74, 6) is -0.929. The third-order valence-corrected chi connectivity index (χ3v) is 2.50. The Morgan fingerprint density at radius 2 is 2.16 bits per heavy atom. The second-order valence-corrected chi connectivity index (χ2v) is 3.95. The fraction of sp³-hybridized carbons (Fsp3) is 0.462. The Labute approximate surface area is 111 Å². The van der Waals surface area contributed by atoms with Gasteiger partial charge in [0.05, 0.1) is 19.8 Å². The monoisotopic (exact) mass is 270 g/mol. The molecule has 0 atom stereocenters. The Bertz CT molecular complexity index is 413. The van der Waals surface area contributed by atoms with Gasteiger partial charge in [0.2, 0.25) is 5.91 Å². The largest absolute Gasteiger partial charge is 0.382 e. The maximum Gasteiger partial charge on any atom is 0.248 e. The summed E-state index contributed by atoms with van der Waals surface area (Å²) in [5, 5.41) is 3.03. The van der Waals surface area contributed by atoms with Gasteiger partial charge >= 0.3 is 0 Å². The summed E-state index contributed by atoms with van der Waals surface area (Å²) in [4.78, 5) is 11.0. The lowest BCUT2D eigenvalue weighted by Crippen LogP contribution is -2.21. The minimum absolute atomic E-state index is 0.301. The molecule has 0 heterocycles. The number of hydrogen-bond donors (Lipinski definition) is 2. The van der Waals surface area contributed by atoms with Gasteiger partial charge in [0.15, 0.2) is 0 Å². The van der Waals surface area contributed by atoms with Crippen LogP contribution in [-0.4, -0.2) is 39.4 Å². The SMILES string of the molecule is COCCOCCNCc1cc(C(N)=O)ccc1F. The van der Waals surface area contributed by atoms with Crippen LogP contribution in [0.25, 0.3) is 0 Å². The highest BCUT2D eigenvalue weighted by atomic mass is 19.1. The van der Waals surface area contributed by atoms with Crippen molar-refractivity contribution >= 4 is 5.91 Å². The highest BCUT2D eigenvalue weighted by Crippen LogP contribution is 2.10. The summed E-state index contributed by atoms with van der Waals surface area (Å²) >= 11 is 0. The molecule has 1 aromatic carbocycles. The van der Waals surface area contributed by atoms with Gasteiger partial charge in [-0.25, -0.2) is 4.39 Å². The number of carbonyl (C=O) groups excluding carboxylic acids is 1. The molecule has 0 aliphatic rings. The van der Waals surface area contributed by atoms with Gasteiger partial charge in [-0.2, -0.15) is 0 Å². The molecule has 1 aromatic rings. The molecule has 0 spiro atoms. The molecule has 0 saturated carbocycles. The first kappa shape index (κ1) is 15.6. The highest BCUT2D eigenvalue weighted by Gasteiger charge is 2.06. The zero-order chi connectivity index (χ0) is 14.1. The fourth-order valence-electron chi connectivity index (χ4n) is 1.48. The second kappa shape index (κ2) is 8.58. The summed E-state index contributed by atoms with van der Waals surface area (Å²) in [6.07, 6.45) is 0. The van der Waals surface area contributed by atoms with Crippen LogP contribution in [0.4, 0.5) is 4.39 Å². The number of ether oxygens (including phenoxy) is 2. The van der Waals surface area contributed by atoms with Crippen molar-refractivity contribution in [1.82, 2.24) is 5.32 Å². The average Bonchev–Trinajstić information content (AvgIpc) is 2.39. The van der Waals surface area contributed by atoms with Crippen molar-refractivity contribution in [3.05, 3.63) is 35.1 Å².